The van der Waals surface area contributed by atoms with Crippen LogP contribution in [0.3, 0.4) is 0 Å². The van der Waals surface area contributed by atoms with E-state index in [-0.39, 0.29) is 16.7 Å². The van der Waals surface area contributed by atoms with Crippen LogP contribution in [0.25, 0.3) is 22.4 Å². The summed E-state index contributed by atoms with van der Waals surface area (Å²) in [7, 11) is 0. The molecular weight excluding hydrogens is 252 g/mol. The fourth-order valence-electron chi connectivity index (χ4n) is 1.82. The van der Waals surface area contributed by atoms with E-state index in [0.29, 0.717) is 11.8 Å². The molecule has 0 bridgehead atoms. The second-order valence-corrected chi connectivity index (χ2v) is 3.95. The molecule has 0 radical (unpaired) electrons. The maximum atomic E-state index is 13.6. The number of halogens is 2. The first kappa shape index (κ1) is 11.5. The summed E-state index contributed by atoms with van der Waals surface area (Å²) in [5, 5.41) is -0.128. The van der Waals surface area contributed by atoms with Crippen LogP contribution in [0.5, 0.6) is 0 Å². The fourth-order valence-corrected chi connectivity index (χ4v) is 1.82. The van der Waals surface area contributed by atoms with Crippen molar-refractivity contribution < 1.29 is 13.2 Å². The Balaban J connectivity index is 2.34. The molecule has 0 atom stereocenters. The van der Waals surface area contributed by atoms with Gasteiger partial charge >= 0.3 is 0 Å². The summed E-state index contributed by atoms with van der Waals surface area (Å²) >= 11 is 0. The van der Waals surface area contributed by atoms with Crippen molar-refractivity contribution in [3.8, 4) is 11.5 Å². The Bertz CT molecular complexity index is 813. The monoisotopic (exact) mass is 259 g/mol. The van der Waals surface area contributed by atoms with Crippen molar-refractivity contribution in [2.24, 2.45) is 0 Å². The Kier molecular flexibility index (Phi) is 2.59. The van der Waals surface area contributed by atoms with Gasteiger partial charge in [-0.05, 0) is 18.2 Å². The molecule has 0 fully saturated rings. The Morgan fingerprint density at radius 3 is 2.68 bits per heavy atom. The van der Waals surface area contributed by atoms with Gasteiger partial charge in [0.2, 0.25) is 0 Å². The van der Waals surface area contributed by atoms with E-state index in [1.54, 1.807) is 18.2 Å². The second kappa shape index (κ2) is 4.28. The average Bonchev–Trinajstić information content (AvgIpc) is 2.41. The number of hydrogen-bond donors (Lipinski definition) is 0. The molecule has 0 amide bonds. The molecule has 0 saturated heterocycles. The first-order valence-corrected chi connectivity index (χ1v) is 5.49. The van der Waals surface area contributed by atoms with Gasteiger partial charge < -0.3 is 4.42 Å². The average molecular weight is 259 g/mol. The Morgan fingerprint density at radius 2 is 1.95 bits per heavy atom. The number of benzene rings is 1. The van der Waals surface area contributed by atoms with Crippen LogP contribution < -0.4 is 5.43 Å². The molecule has 3 rings (SSSR count). The van der Waals surface area contributed by atoms with Gasteiger partial charge in [-0.3, -0.25) is 9.78 Å². The van der Waals surface area contributed by atoms with E-state index in [1.165, 1.54) is 12.3 Å². The van der Waals surface area contributed by atoms with E-state index in [0.717, 1.165) is 6.07 Å². The molecule has 0 aliphatic rings. The Morgan fingerprint density at radius 1 is 1.11 bits per heavy atom. The number of aromatic nitrogens is 1. The van der Waals surface area contributed by atoms with Crippen LogP contribution >= 0.6 is 0 Å². The van der Waals surface area contributed by atoms with Gasteiger partial charge in [0.25, 0.3) is 0 Å². The molecular formula is C14H7F2NO2. The highest BCUT2D eigenvalue weighted by atomic mass is 19.1. The lowest BCUT2D eigenvalue weighted by Crippen LogP contribution is -2.02. The van der Waals surface area contributed by atoms with Gasteiger partial charge in [-0.1, -0.05) is 6.07 Å². The fraction of sp³-hybridized carbons (Fsp3) is 0. The predicted molar refractivity (Wildman–Crippen MR) is 65.6 cm³/mol. The molecule has 1 aromatic carbocycles. The number of fused-ring (bicyclic) bond motifs is 1. The van der Waals surface area contributed by atoms with Crippen LogP contribution in [0.2, 0.25) is 0 Å². The quantitative estimate of drug-likeness (QED) is 0.674. The number of nitrogens with zero attached hydrogens (tertiary/aromatic N) is 1. The third-order valence-electron chi connectivity index (χ3n) is 2.67. The minimum Gasteiger partial charge on any atom is -0.451 e. The lowest BCUT2D eigenvalue weighted by atomic mass is 10.2. The SMILES string of the molecule is O=c1cc(-c2ccccn2)oc2c(F)cc(F)cc12. The summed E-state index contributed by atoms with van der Waals surface area (Å²) in [6, 6.07) is 7.85. The first-order valence-electron chi connectivity index (χ1n) is 5.49. The minimum atomic E-state index is -0.912. The molecule has 2 heterocycles. The molecule has 3 nitrogen and oxygen atoms in total. The summed E-state index contributed by atoms with van der Waals surface area (Å²) < 4.78 is 32.0. The highest BCUT2D eigenvalue weighted by Gasteiger charge is 2.12. The predicted octanol–water partition coefficient (Wildman–Crippen LogP) is 3.13. The number of hydrogen-bond acceptors (Lipinski definition) is 3. The normalized spacial score (nSPS) is 10.8. The van der Waals surface area contributed by atoms with Crippen LogP contribution in [0.4, 0.5) is 8.78 Å². The number of rotatable bonds is 1. The molecule has 0 aliphatic carbocycles. The van der Waals surface area contributed by atoms with E-state index in [2.05, 4.69) is 4.98 Å². The summed E-state index contributed by atoms with van der Waals surface area (Å²) in [6.07, 6.45) is 1.53. The largest absolute Gasteiger partial charge is 0.451 e. The highest BCUT2D eigenvalue weighted by Crippen LogP contribution is 2.22. The molecule has 0 spiro atoms. The van der Waals surface area contributed by atoms with Crippen LogP contribution in [-0.2, 0) is 0 Å². The van der Waals surface area contributed by atoms with E-state index in [4.69, 9.17) is 4.42 Å². The maximum Gasteiger partial charge on any atom is 0.193 e. The first-order chi connectivity index (χ1) is 9.15. The molecule has 3 aromatic rings. The standard InChI is InChI=1S/C14H7F2NO2/c15-8-5-9-12(18)7-13(11-3-1-2-4-17-11)19-14(9)10(16)6-8/h1-7H. The third kappa shape index (κ3) is 1.99. The van der Waals surface area contributed by atoms with Crippen molar-refractivity contribution in [1.82, 2.24) is 4.98 Å². The van der Waals surface area contributed by atoms with Crippen LogP contribution in [0.1, 0.15) is 0 Å². The summed E-state index contributed by atoms with van der Waals surface area (Å²) in [6.45, 7) is 0. The Labute approximate surface area is 106 Å². The third-order valence-corrected chi connectivity index (χ3v) is 2.67. The van der Waals surface area contributed by atoms with Gasteiger partial charge in [0.05, 0.1) is 5.39 Å². The van der Waals surface area contributed by atoms with Crippen molar-refractivity contribution >= 4 is 11.0 Å². The summed E-state index contributed by atoms with van der Waals surface area (Å²) in [4.78, 5) is 15.9. The van der Waals surface area contributed by atoms with E-state index >= 15 is 0 Å². The Hall–Kier alpha value is -2.56. The zero-order valence-corrected chi connectivity index (χ0v) is 9.56. The van der Waals surface area contributed by atoms with E-state index < -0.39 is 17.1 Å². The van der Waals surface area contributed by atoms with Crippen LogP contribution in [-0.4, -0.2) is 4.98 Å². The van der Waals surface area contributed by atoms with Gasteiger partial charge in [-0.2, -0.15) is 0 Å². The van der Waals surface area contributed by atoms with Crippen molar-refractivity contribution in [2.45, 2.75) is 0 Å². The van der Waals surface area contributed by atoms with Gasteiger partial charge in [0.1, 0.15) is 11.5 Å². The van der Waals surface area contributed by atoms with E-state index in [1.807, 2.05) is 0 Å². The van der Waals surface area contributed by atoms with Crippen molar-refractivity contribution in [3.05, 3.63) is 64.5 Å². The molecule has 0 unspecified atom stereocenters. The zero-order chi connectivity index (χ0) is 13.4. The summed E-state index contributed by atoms with van der Waals surface area (Å²) in [5.74, 6) is -1.59. The molecule has 19 heavy (non-hydrogen) atoms. The lowest BCUT2D eigenvalue weighted by Gasteiger charge is -2.03. The van der Waals surface area contributed by atoms with Crippen molar-refractivity contribution in [2.75, 3.05) is 0 Å². The minimum absolute atomic E-state index is 0.128. The topological polar surface area (TPSA) is 43.1 Å². The zero-order valence-electron chi connectivity index (χ0n) is 9.56. The van der Waals surface area contributed by atoms with Gasteiger partial charge in [-0.25, -0.2) is 8.78 Å². The van der Waals surface area contributed by atoms with Gasteiger partial charge in [0.15, 0.2) is 22.6 Å². The molecule has 2 aromatic heterocycles. The van der Waals surface area contributed by atoms with Gasteiger partial charge in [0, 0.05) is 18.3 Å². The molecule has 94 valence electrons. The second-order valence-electron chi connectivity index (χ2n) is 3.95. The molecule has 0 aliphatic heterocycles. The van der Waals surface area contributed by atoms with Crippen LogP contribution in [0, 0.1) is 11.6 Å². The number of pyridine rings is 1. The van der Waals surface area contributed by atoms with E-state index in [9.17, 15) is 13.6 Å². The molecule has 0 saturated carbocycles. The molecule has 5 heteroatoms. The maximum absolute atomic E-state index is 13.6. The van der Waals surface area contributed by atoms with Crippen LogP contribution in [0.15, 0.2) is 51.8 Å². The summed E-state index contributed by atoms with van der Waals surface area (Å²) in [5.41, 5.74) is -0.375. The molecule has 0 N–H and O–H groups in total. The van der Waals surface area contributed by atoms with Crippen molar-refractivity contribution in [3.63, 3.8) is 0 Å². The highest BCUT2D eigenvalue weighted by molar-refractivity contribution is 5.78. The smallest absolute Gasteiger partial charge is 0.193 e. The van der Waals surface area contributed by atoms with Gasteiger partial charge in [-0.15, -0.1) is 0 Å². The lowest BCUT2D eigenvalue weighted by molar-refractivity contribution is 0.544. The van der Waals surface area contributed by atoms with Crippen molar-refractivity contribution in [1.29, 1.82) is 0 Å².